The van der Waals surface area contributed by atoms with Crippen LogP contribution < -0.4 is 5.73 Å². The summed E-state index contributed by atoms with van der Waals surface area (Å²) in [6.07, 6.45) is 0. The number of nitrogens with two attached hydrogens (primary N) is 1. The second-order valence-corrected chi connectivity index (χ2v) is 3.76. The third kappa shape index (κ3) is 1.23. The topological polar surface area (TPSA) is 56.7 Å². The number of fused-ring (bicyclic) bond motifs is 1. The minimum atomic E-state index is 0.399. The molecule has 2 N–H and O–H groups in total. The van der Waals surface area contributed by atoms with Crippen molar-refractivity contribution in [1.82, 2.24) is 14.5 Å². The van der Waals surface area contributed by atoms with Crippen molar-refractivity contribution in [2.45, 2.75) is 19.8 Å². The second kappa shape index (κ2) is 2.97. The standard InChI is InChI=1S/C10H14N4/c1-6(2)9-12-7-4-5-8(11)13-10(7)14(9)3/h4-6H,1-3H3,(H2,11,13). The smallest absolute Gasteiger partial charge is 0.162 e. The number of pyridine rings is 1. The molecule has 4 heteroatoms. The first kappa shape index (κ1) is 8.99. The number of hydrogen-bond donors (Lipinski definition) is 1. The van der Waals surface area contributed by atoms with Crippen molar-refractivity contribution in [3.8, 4) is 0 Å². The highest BCUT2D eigenvalue weighted by molar-refractivity contribution is 5.73. The Morgan fingerprint density at radius 2 is 2.00 bits per heavy atom. The fourth-order valence-electron chi connectivity index (χ4n) is 1.61. The maximum atomic E-state index is 5.63. The summed E-state index contributed by atoms with van der Waals surface area (Å²) < 4.78 is 2.00. The van der Waals surface area contributed by atoms with Gasteiger partial charge in [-0.1, -0.05) is 13.8 Å². The Kier molecular flexibility index (Phi) is 1.91. The van der Waals surface area contributed by atoms with E-state index in [1.54, 1.807) is 6.07 Å². The second-order valence-electron chi connectivity index (χ2n) is 3.76. The Bertz CT molecular complexity index is 470. The molecule has 0 saturated heterocycles. The zero-order chi connectivity index (χ0) is 10.3. The minimum Gasteiger partial charge on any atom is -0.384 e. The number of aromatic nitrogens is 3. The Morgan fingerprint density at radius 1 is 1.29 bits per heavy atom. The molecular formula is C10H14N4. The van der Waals surface area contributed by atoms with E-state index < -0.39 is 0 Å². The summed E-state index contributed by atoms with van der Waals surface area (Å²) in [5, 5.41) is 0. The molecule has 0 saturated carbocycles. The van der Waals surface area contributed by atoms with E-state index in [2.05, 4.69) is 23.8 Å². The van der Waals surface area contributed by atoms with Gasteiger partial charge < -0.3 is 10.3 Å². The van der Waals surface area contributed by atoms with Crippen LogP contribution in [0.4, 0.5) is 5.82 Å². The van der Waals surface area contributed by atoms with Crippen LogP contribution in [0.3, 0.4) is 0 Å². The number of aryl methyl sites for hydroxylation is 1. The number of rotatable bonds is 1. The number of hydrogen-bond acceptors (Lipinski definition) is 3. The first-order chi connectivity index (χ1) is 6.59. The van der Waals surface area contributed by atoms with Gasteiger partial charge in [0.1, 0.15) is 17.2 Å². The lowest BCUT2D eigenvalue weighted by Gasteiger charge is -2.03. The van der Waals surface area contributed by atoms with Crippen LogP contribution in [-0.4, -0.2) is 14.5 Å². The van der Waals surface area contributed by atoms with Crippen molar-refractivity contribution in [3.63, 3.8) is 0 Å². The zero-order valence-corrected chi connectivity index (χ0v) is 8.65. The van der Waals surface area contributed by atoms with Crippen LogP contribution in [0.1, 0.15) is 25.6 Å². The minimum absolute atomic E-state index is 0.399. The van der Waals surface area contributed by atoms with E-state index in [4.69, 9.17) is 5.73 Å². The Morgan fingerprint density at radius 3 is 2.64 bits per heavy atom. The van der Waals surface area contributed by atoms with Gasteiger partial charge in [-0.3, -0.25) is 0 Å². The van der Waals surface area contributed by atoms with E-state index in [0.29, 0.717) is 11.7 Å². The van der Waals surface area contributed by atoms with E-state index in [9.17, 15) is 0 Å². The molecule has 0 aliphatic rings. The molecule has 0 spiro atoms. The fraction of sp³-hybridized carbons (Fsp3) is 0.400. The van der Waals surface area contributed by atoms with Crippen LogP contribution >= 0.6 is 0 Å². The van der Waals surface area contributed by atoms with Gasteiger partial charge in [-0.15, -0.1) is 0 Å². The van der Waals surface area contributed by atoms with Gasteiger partial charge in [0.05, 0.1) is 0 Å². The summed E-state index contributed by atoms with van der Waals surface area (Å²) in [7, 11) is 1.97. The van der Waals surface area contributed by atoms with Crippen molar-refractivity contribution >= 4 is 17.0 Å². The normalized spacial score (nSPS) is 11.4. The fourth-order valence-corrected chi connectivity index (χ4v) is 1.61. The molecular weight excluding hydrogens is 176 g/mol. The highest BCUT2D eigenvalue weighted by Gasteiger charge is 2.11. The van der Waals surface area contributed by atoms with Gasteiger partial charge in [-0.05, 0) is 12.1 Å². The first-order valence-corrected chi connectivity index (χ1v) is 4.68. The van der Waals surface area contributed by atoms with Crippen molar-refractivity contribution in [2.24, 2.45) is 7.05 Å². The third-order valence-electron chi connectivity index (χ3n) is 2.29. The molecule has 0 amide bonds. The van der Waals surface area contributed by atoms with E-state index in [1.807, 2.05) is 17.7 Å². The Balaban J connectivity index is 2.74. The molecule has 0 aliphatic carbocycles. The van der Waals surface area contributed by atoms with E-state index >= 15 is 0 Å². The molecule has 0 bridgehead atoms. The lowest BCUT2D eigenvalue weighted by atomic mass is 10.2. The Hall–Kier alpha value is -1.58. The molecule has 0 aromatic carbocycles. The van der Waals surface area contributed by atoms with Gasteiger partial charge in [-0.2, -0.15) is 0 Å². The van der Waals surface area contributed by atoms with Crippen molar-refractivity contribution in [2.75, 3.05) is 5.73 Å². The largest absolute Gasteiger partial charge is 0.384 e. The average molecular weight is 190 g/mol. The summed E-state index contributed by atoms with van der Waals surface area (Å²) in [6, 6.07) is 3.68. The summed E-state index contributed by atoms with van der Waals surface area (Å²) >= 11 is 0. The van der Waals surface area contributed by atoms with Crippen LogP contribution in [0.5, 0.6) is 0 Å². The molecule has 0 unspecified atom stereocenters. The molecule has 0 radical (unpaired) electrons. The van der Waals surface area contributed by atoms with E-state index in [-0.39, 0.29) is 0 Å². The average Bonchev–Trinajstić information content (AvgIpc) is 2.44. The van der Waals surface area contributed by atoms with Gasteiger partial charge in [0.2, 0.25) is 0 Å². The monoisotopic (exact) mass is 190 g/mol. The van der Waals surface area contributed by atoms with Crippen molar-refractivity contribution in [3.05, 3.63) is 18.0 Å². The first-order valence-electron chi connectivity index (χ1n) is 4.68. The Labute approximate surface area is 82.8 Å². The molecule has 0 aliphatic heterocycles. The SMILES string of the molecule is CC(C)c1nc2ccc(N)nc2n1C. The lowest BCUT2D eigenvalue weighted by molar-refractivity contribution is 0.719. The number of anilines is 1. The summed E-state index contributed by atoms with van der Waals surface area (Å²) in [5.41, 5.74) is 7.39. The number of nitrogen functional groups attached to an aromatic ring is 1. The molecule has 0 fully saturated rings. The van der Waals surface area contributed by atoms with Gasteiger partial charge in [0.25, 0.3) is 0 Å². The van der Waals surface area contributed by atoms with Gasteiger partial charge in [0.15, 0.2) is 5.65 Å². The summed E-state index contributed by atoms with van der Waals surface area (Å²) in [6.45, 7) is 4.23. The van der Waals surface area contributed by atoms with Crippen LogP contribution in [0.15, 0.2) is 12.1 Å². The highest BCUT2D eigenvalue weighted by Crippen LogP contribution is 2.19. The molecule has 2 rings (SSSR count). The van der Waals surface area contributed by atoms with Crippen molar-refractivity contribution in [1.29, 1.82) is 0 Å². The van der Waals surface area contributed by atoms with E-state index in [1.165, 1.54) is 0 Å². The number of imidazole rings is 1. The molecule has 2 aromatic rings. The molecule has 14 heavy (non-hydrogen) atoms. The highest BCUT2D eigenvalue weighted by atomic mass is 15.1. The maximum absolute atomic E-state index is 5.63. The van der Waals surface area contributed by atoms with Crippen molar-refractivity contribution < 1.29 is 0 Å². The predicted octanol–water partition coefficient (Wildman–Crippen LogP) is 1.67. The zero-order valence-electron chi connectivity index (χ0n) is 8.65. The summed E-state index contributed by atoms with van der Waals surface area (Å²) in [5.74, 6) is 1.98. The third-order valence-corrected chi connectivity index (χ3v) is 2.29. The van der Waals surface area contributed by atoms with Crippen LogP contribution in [0, 0.1) is 0 Å². The lowest BCUT2D eigenvalue weighted by Crippen LogP contribution is -2.00. The van der Waals surface area contributed by atoms with Gasteiger partial charge in [-0.25, -0.2) is 9.97 Å². The number of nitrogens with zero attached hydrogens (tertiary/aromatic N) is 3. The molecule has 74 valence electrons. The molecule has 0 atom stereocenters. The molecule has 2 aromatic heterocycles. The van der Waals surface area contributed by atoms with Crippen LogP contribution in [0.2, 0.25) is 0 Å². The van der Waals surface area contributed by atoms with Gasteiger partial charge >= 0.3 is 0 Å². The maximum Gasteiger partial charge on any atom is 0.162 e. The molecule has 2 heterocycles. The molecule has 4 nitrogen and oxygen atoms in total. The van der Waals surface area contributed by atoms with Gasteiger partial charge in [0, 0.05) is 13.0 Å². The van der Waals surface area contributed by atoms with E-state index in [0.717, 1.165) is 17.0 Å². The van der Waals surface area contributed by atoms with Crippen LogP contribution in [-0.2, 0) is 7.05 Å². The van der Waals surface area contributed by atoms with Crippen LogP contribution in [0.25, 0.3) is 11.2 Å². The summed E-state index contributed by atoms with van der Waals surface area (Å²) in [4.78, 5) is 8.75. The predicted molar refractivity (Wildman–Crippen MR) is 57.0 cm³/mol. The quantitative estimate of drug-likeness (QED) is 0.744.